The van der Waals surface area contributed by atoms with Crippen LogP contribution < -0.4 is 16.0 Å². The van der Waals surface area contributed by atoms with E-state index in [1.165, 1.54) is 28.0 Å². The summed E-state index contributed by atoms with van der Waals surface area (Å²) in [5.41, 5.74) is 1.94. The quantitative estimate of drug-likeness (QED) is 0.0786. The molecule has 3 saturated heterocycles. The SMILES string of the molecule is CC1(C)S[C@@H]2[C@@H](NC(=O)C(=NOC3CCNC3=O)c3csc(NC(c4ccccc4)(c4ccccc4)c4ccccc4)n3)C(=O)N2[C@H]1C(=O)O. The molecule has 0 bridgehead atoms. The smallest absolute Gasteiger partial charge is 0.327 e. The predicted octanol–water partition coefficient (Wildman–Crippen LogP) is 3.79. The first-order valence-electron chi connectivity index (χ1n) is 16.1. The summed E-state index contributed by atoms with van der Waals surface area (Å²) in [7, 11) is 0. The molecular formula is C36H34N6O6S2. The molecule has 1 unspecified atom stereocenters. The monoisotopic (exact) mass is 710 g/mol. The third kappa shape index (κ3) is 5.87. The van der Waals surface area contributed by atoms with Gasteiger partial charge in [-0.3, -0.25) is 14.4 Å². The molecule has 4 N–H and O–H groups in total. The first kappa shape index (κ1) is 33.3. The van der Waals surface area contributed by atoms with Crippen LogP contribution in [0.15, 0.2) is 102 Å². The number of thiazole rings is 1. The lowest BCUT2D eigenvalue weighted by atomic mass is 9.77. The molecule has 0 spiro atoms. The maximum absolute atomic E-state index is 13.9. The Morgan fingerprint density at radius 2 is 1.56 bits per heavy atom. The number of nitrogens with zero attached hydrogens (tertiary/aromatic N) is 3. The van der Waals surface area contributed by atoms with Crippen molar-refractivity contribution in [2.24, 2.45) is 5.16 Å². The Labute approximate surface area is 296 Å². The minimum atomic E-state index is -1.10. The molecule has 1 aromatic heterocycles. The Hall–Kier alpha value is -5.21. The van der Waals surface area contributed by atoms with Gasteiger partial charge in [0.05, 0.1) is 0 Å². The second-order valence-corrected chi connectivity index (χ2v) is 15.3. The number of fused-ring (bicyclic) bond motifs is 1. The van der Waals surface area contributed by atoms with Crippen molar-refractivity contribution < 1.29 is 29.1 Å². The fraction of sp³-hybridized carbons (Fsp3) is 0.278. The molecule has 3 fully saturated rings. The van der Waals surface area contributed by atoms with Gasteiger partial charge in [-0.15, -0.1) is 23.1 Å². The van der Waals surface area contributed by atoms with Crippen LogP contribution in [0.4, 0.5) is 5.13 Å². The van der Waals surface area contributed by atoms with Crippen molar-refractivity contribution in [3.05, 3.63) is 119 Å². The number of aliphatic carboxylic acids is 1. The maximum atomic E-state index is 13.9. The highest BCUT2D eigenvalue weighted by Crippen LogP contribution is 2.50. The summed E-state index contributed by atoms with van der Waals surface area (Å²) < 4.78 is -0.764. The summed E-state index contributed by atoms with van der Waals surface area (Å²) in [6.45, 7) is 3.94. The van der Waals surface area contributed by atoms with Crippen molar-refractivity contribution in [3.8, 4) is 0 Å². The van der Waals surface area contributed by atoms with Gasteiger partial charge in [0, 0.05) is 23.1 Å². The number of benzene rings is 3. The van der Waals surface area contributed by atoms with E-state index in [0.717, 1.165) is 16.7 Å². The molecule has 50 heavy (non-hydrogen) atoms. The number of nitrogens with one attached hydrogen (secondary N) is 3. The summed E-state index contributed by atoms with van der Waals surface area (Å²) in [6.07, 6.45) is -0.519. The van der Waals surface area contributed by atoms with E-state index in [9.17, 15) is 24.3 Å². The number of hydrogen-bond donors (Lipinski definition) is 4. The number of carboxylic acids is 1. The molecule has 4 atom stereocenters. The number of β-lactam (4-membered cyclic amide) rings is 1. The van der Waals surface area contributed by atoms with Gasteiger partial charge in [0.25, 0.3) is 11.8 Å². The lowest BCUT2D eigenvalue weighted by Crippen LogP contribution is -2.71. The standard InChI is InChI=1S/C36H34N6O6S2/c1-35(2)28(33(46)47)42-31(45)27(32(42)50-35)39-30(44)26(41-48-25-18-19-37-29(25)43)24-20-49-34(38-24)40-36(21-12-6-3-7-13-21,22-14-8-4-9-15-22)23-16-10-5-11-17-23/h3-17,20,25,27-28,32H,18-19H2,1-2H3,(H,37,43)(H,38,40)(H,39,44)(H,46,47)/t25?,27-,28-,32+/m0/s1. The number of amides is 3. The third-order valence-electron chi connectivity index (χ3n) is 9.11. The van der Waals surface area contributed by atoms with E-state index in [-0.39, 0.29) is 17.3 Å². The number of carbonyl (C=O) groups excluding carboxylic acids is 3. The number of rotatable bonds is 11. The van der Waals surface area contributed by atoms with Crippen molar-refractivity contribution in [1.29, 1.82) is 0 Å². The van der Waals surface area contributed by atoms with Gasteiger partial charge >= 0.3 is 5.97 Å². The highest BCUT2D eigenvalue weighted by Gasteiger charge is 2.64. The Morgan fingerprint density at radius 1 is 0.980 bits per heavy atom. The second kappa shape index (κ2) is 13.2. The Balaban J connectivity index is 1.23. The van der Waals surface area contributed by atoms with Crippen molar-refractivity contribution in [2.45, 2.75) is 54.1 Å². The van der Waals surface area contributed by atoms with Gasteiger partial charge in [0.1, 0.15) is 28.7 Å². The molecule has 0 aliphatic carbocycles. The second-order valence-electron chi connectivity index (χ2n) is 12.7. The van der Waals surface area contributed by atoms with E-state index in [0.29, 0.717) is 18.1 Å². The summed E-state index contributed by atoms with van der Waals surface area (Å²) >= 11 is 2.58. The number of anilines is 1. The van der Waals surface area contributed by atoms with Crippen LogP contribution in [-0.2, 0) is 29.6 Å². The lowest BCUT2D eigenvalue weighted by Gasteiger charge is -2.43. The highest BCUT2D eigenvalue weighted by molar-refractivity contribution is 8.01. The normalized spacial score (nSPS) is 22.7. The molecule has 3 aliphatic heterocycles. The largest absolute Gasteiger partial charge is 0.480 e. The number of aromatic nitrogens is 1. The van der Waals surface area contributed by atoms with Crippen molar-refractivity contribution in [3.63, 3.8) is 0 Å². The zero-order valence-electron chi connectivity index (χ0n) is 27.1. The molecule has 0 radical (unpaired) electrons. The van der Waals surface area contributed by atoms with E-state index >= 15 is 0 Å². The summed E-state index contributed by atoms with van der Waals surface area (Å²) in [6, 6.07) is 27.9. The number of carbonyl (C=O) groups is 4. The molecule has 256 valence electrons. The Morgan fingerprint density at radius 3 is 2.08 bits per heavy atom. The minimum Gasteiger partial charge on any atom is -0.480 e. The average Bonchev–Trinajstić information content (AvgIpc) is 3.83. The zero-order valence-corrected chi connectivity index (χ0v) is 28.7. The predicted molar refractivity (Wildman–Crippen MR) is 190 cm³/mol. The van der Waals surface area contributed by atoms with Crippen molar-refractivity contribution in [2.75, 3.05) is 11.9 Å². The molecule has 3 aliphatic rings. The number of carboxylic acid groups (broad SMARTS) is 1. The Kier molecular flexibility index (Phi) is 8.82. The van der Waals surface area contributed by atoms with Crippen LogP contribution in [0.3, 0.4) is 0 Å². The molecule has 7 rings (SSSR count). The molecule has 3 amide bonds. The molecule has 0 saturated carbocycles. The molecule has 3 aromatic carbocycles. The third-order valence-corrected chi connectivity index (χ3v) is 11.4. The van der Waals surface area contributed by atoms with Gasteiger partial charge in [-0.1, -0.05) is 96.2 Å². The van der Waals surface area contributed by atoms with Gasteiger partial charge in [0.15, 0.2) is 10.8 Å². The van der Waals surface area contributed by atoms with E-state index in [2.05, 4.69) is 21.1 Å². The minimum absolute atomic E-state index is 0.169. The van der Waals surface area contributed by atoms with E-state index in [1.807, 2.05) is 91.0 Å². The lowest BCUT2D eigenvalue weighted by molar-refractivity contribution is -0.160. The molecule has 14 heteroatoms. The fourth-order valence-corrected chi connectivity index (χ4v) is 9.11. The van der Waals surface area contributed by atoms with Gasteiger partial charge in [-0.05, 0) is 30.5 Å². The number of thioether (sulfide) groups is 1. The Bertz CT molecular complexity index is 1860. The van der Waals surface area contributed by atoms with Crippen LogP contribution >= 0.6 is 23.1 Å². The van der Waals surface area contributed by atoms with Crippen LogP contribution in [0.5, 0.6) is 0 Å². The summed E-state index contributed by atoms with van der Waals surface area (Å²) in [5, 5.41) is 24.6. The van der Waals surface area contributed by atoms with Gasteiger partial charge in [-0.25, -0.2) is 9.78 Å². The maximum Gasteiger partial charge on any atom is 0.327 e. The summed E-state index contributed by atoms with van der Waals surface area (Å²) in [5.74, 6) is -2.69. The molecule has 12 nitrogen and oxygen atoms in total. The first-order chi connectivity index (χ1) is 24.1. The van der Waals surface area contributed by atoms with Crippen molar-refractivity contribution >= 4 is 57.6 Å². The van der Waals surface area contributed by atoms with Crippen LogP contribution in [0, 0.1) is 0 Å². The molecular weight excluding hydrogens is 677 g/mol. The molecule has 4 aromatic rings. The van der Waals surface area contributed by atoms with Crippen LogP contribution in [0.1, 0.15) is 42.7 Å². The van der Waals surface area contributed by atoms with Crippen LogP contribution in [0.2, 0.25) is 0 Å². The van der Waals surface area contributed by atoms with E-state index in [4.69, 9.17) is 9.82 Å². The topological polar surface area (TPSA) is 162 Å². The molecule has 4 heterocycles. The number of oxime groups is 1. The van der Waals surface area contributed by atoms with E-state index < -0.39 is 51.6 Å². The van der Waals surface area contributed by atoms with Crippen molar-refractivity contribution in [1.82, 2.24) is 20.5 Å². The van der Waals surface area contributed by atoms with Gasteiger partial charge in [0.2, 0.25) is 12.0 Å². The van der Waals surface area contributed by atoms with Crippen LogP contribution in [0.25, 0.3) is 0 Å². The zero-order chi connectivity index (χ0) is 35.0. The first-order valence-corrected chi connectivity index (χ1v) is 17.8. The summed E-state index contributed by atoms with van der Waals surface area (Å²) in [4.78, 5) is 63.1. The van der Waals surface area contributed by atoms with E-state index in [1.54, 1.807) is 19.2 Å². The number of hydrogen-bond acceptors (Lipinski definition) is 10. The van der Waals surface area contributed by atoms with Gasteiger partial charge < -0.3 is 30.8 Å². The average molecular weight is 711 g/mol. The highest BCUT2D eigenvalue weighted by atomic mass is 32.2. The van der Waals surface area contributed by atoms with Crippen LogP contribution in [-0.4, -0.2) is 79.2 Å². The van der Waals surface area contributed by atoms with Gasteiger partial charge in [-0.2, -0.15) is 0 Å². The fourth-order valence-electron chi connectivity index (χ4n) is 6.73.